The van der Waals surface area contributed by atoms with Gasteiger partial charge in [0.05, 0.1) is 5.54 Å². The van der Waals surface area contributed by atoms with E-state index in [1.165, 1.54) is 6.42 Å². The Morgan fingerprint density at radius 2 is 2.08 bits per heavy atom. The van der Waals surface area contributed by atoms with Crippen molar-refractivity contribution < 1.29 is 4.79 Å². The van der Waals surface area contributed by atoms with Gasteiger partial charge in [0.1, 0.15) is 0 Å². The lowest BCUT2D eigenvalue weighted by atomic mass is 9.76. The molecule has 3 heteroatoms. The smallest absolute Gasteiger partial charge is 0.293 e. The number of carbonyl (C=O) groups is 1. The molecule has 0 heterocycles. The van der Waals surface area contributed by atoms with Gasteiger partial charge in [0.15, 0.2) is 0 Å². The van der Waals surface area contributed by atoms with E-state index in [-0.39, 0.29) is 5.54 Å². The second-order valence-electron chi connectivity index (χ2n) is 3.39. The summed E-state index contributed by atoms with van der Waals surface area (Å²) in [4.78, 5) is 12.5. The summed E-state index contributed by atoms with van der Waals surface area (Å²) in [5, 5.41) is 0. The van der Waals surface area contributed by atoms with Gasteiger partial charge in [0, 0.05) is 0 Å². The molecule has 1 saturated carbocycles. The molecule has 0 radical (unpaired) electrons. The standard InChI is InChI=1S/C9H14N2O/c1-11(2)9(5-3-6-9)7-4-8(10)12/h3,5-6H2,1-2H3,(H2,10,12). The molecule has 0 aromatic heterocycles. The quantitative estimate of drug-likeness (QED) is 0.555. The zero-order chi connectivity index (χ0) is 9.19. The first-order valence-electron chi connectivity index (χ1n) is 4.07. The van der Waals surface area contributed by atoms with Crippen LogP contribution in [-0.4, -0.2) is 30.4 Å². The van der Waals surface area contributed by atoms with E-state index in [0.29, 0.717) is 0 Å². The monoisotopic (exact) mass is 166 g/mol. The Labute approximate surface area is 72.9 Å². The van der Waals surface area contributed by atoms with Gasteiger partial charge >= 0.3 is 0 Å². The maximum atomic E-state index is 10.4. The molecule has 12 heavy (non-hydrogen) atoms. The zero-order valence-electron chi connectivity index (χ0n) is 7.55. The number of hydrogen-bond acceptors (Lipinski definition) is 2. The van der Waals surface area contributed by atoms with Gasteiger partial charge < -0.3 is 5.73 Å². The minimum atomic E-state index is -0.539. The number of hydrogen-bond donors (Lipinski definition) is 1. The lowest BCUT2D eigenvalue weighted by molar-refractivity contribution is -0.112. The third-order valence-electron chi connectivity index (χ3n) is 2.46. The van der Waals surface area contributed by atoms with Crippen LogP contribution in [0.3, 0.4) is 0 Å². The lowest BCUT2D eigenvalue weighted by Crippen LogP contribution is -2.48. The highest BCUT2D eigenvalue weighted by Gasteiger charge is 2.37. The highest BCUT2D eigenvalue weighted by atomic mass is 16.1. The van der Waals surface area contributed by atoms with E-state index in [2.05, 4.69) is 16.7 Å². The molecule has 0 aromatic carbocycles. The fourth-order valence-corrected chi connectivity index (χ4v) is 1.37. The highest BCUT2D eigenvalue weighted by molar-refractivity contribution is 5.92. The van der Waals surface area contributed by atoms with Crippen LogP contribution in [-0.2, 0) is 4.79 Å². The van der Waals surface area contributed by atoms with Crippen LogP contribution in [0.4, 0.5) is 0 Å². The van der Waals surface area contributed by atoms with E-state index < -0.39 is 5.91 Å². The Morgan fingerprint density at radius 3 is 2.33 bits per heavy atom. The van der Waals surface area contributed by atoms with E-state index >= 15 is 0 Å². The van der Waals surface area contributed by atoms with Gasteiger partial charge in [-0.1, -0.05) is 5.92 Å². The Kier molecular flexibility index (Phi) is 2.39. The summed E-state index contributed by atoms with van der Waals surface area (Å²) in [5.41, 5.74) is 4.87. The Morgan fingerprint density at radius 1 is 1.50 bits per heavy atom. The molecule has 0 unspecified atom stereocenters. The largest absolute Gasteiger partial charge is 0.359 e. The predicted octanol–water partition coefficient (Wildman–Crippen LogP) is -0.0406. The van der Waals surface area contributed by atoms with Crippen LogP contribution in [0.1, 0.15) is 19.3 Å². The van der Waals surface area contributed by atoms with Crippen molar-refractivity contribution in [2.24, 2.45) is 5.73 Å². The van der Waals surface area contributed by atoms with Crippen LogP contribution < -0.4 is 5.73 Å². The van der Waals surface area contributed by atoms with Crippen molar-refractivity contribution in [3.63, 3.8) is 0 Å². The van der Waals surface area contributed by atoms with Gasteiger partial charge in [-0.3, -0.25) is 9.69 Å². The van der Waals surface area contributed by atoms with Gasteiger partial charge in [-0.05, 0) is 39.3 Å². The van der Waals surface area contributed by atoms with Crippen molar-refractivity contribution in [2.45, 2.75) is 24.8 Å². The number of nitrogens with zero attached hydrogens (tertiary/aromatic N) is 1. The minimum Gasteiger partial charge on any atom is -0.359 e. The molecule has 2 N–H and O–H groups in total. The van der Waals surface area contributed by atoms with Gasteiger partial charge in [0.2, 0.25) is 0 Å². The van der Waals surface area contributed by atoms with Crippen LogP contribution in [0.2, 0.25) is 0 Å². The zero-order valence-corrected chi connectivity index (χ0v) is 7.55. The van der Waals surface area contributed by atoms with E-state index in [4.69, 9.17) is 5.73 Å². The number of primary amides is 1. The normalized spacial score (nSPS) is 19.2. The number of nitrogens with two attached hydrogens (primary N) is 1. The van der Waals surface area contributed by atoms with E-state index in [0.717, 1.165) is 12.8 Å². The number of carbonyl (C=O) groups excluding carboxylic acids is 1. The second kappa shape index (κ2) is 3.16. The highest BCUT2D eigenvalue weighted by Crippen LogP contribution is 2.35. The molecule has 0 spiro atoms. The van der Waals surface area contributed by atoms with E-state index in [1.54, 1.807) is 0 Å². The summed E-state index contributed by atoms with van der Waals surface area (Å²) in [7, 11) is 3.96. The van der Waals surface area contributed by atoms with Crippen LogP contribution in [0.5, 0.6) is 0 Å². The number of amides is 1. The second-order valence-corrected chi connectivity index (χ2v) is 3.39. The predicted molar refractivity (Wildman–Crippen MR) is 47.2 cm³/mol. The first-order chi connectivity index (χ1) is 5.57. The van der Waals surface area contributed by atoms with Crippen molar-refractivity contribution in [1.82, 2.24) is 4.90 Å². The first-order valence-corrected chi connectivity index (χ1v) is 4.07. The summed E-state index contributed by atoms with van der Waals surface area (Å²) in [6.07, 6.45) is 3.27. The van der Waals surface area contributed by atoms with Crippen LogP contribution in [0, 0.1) is 11.8 Å². The van der Waals surface area contributed by atoms with Gasteiger partial charge in [-0.25, -0.2) is 0 Å². The fourth-order valence-electron chi connectivity index (χ4n) is 1.37. The molecule has 1 rings (SSSR count). The summed E-state index contributed by atoms with van der Waals surface area (Å²) in [5.74, 6) is 4.81. The molecule has 0 atom stereocenters. The molecular weight excluding hydrogens is 152 g/mol. The molecule has 0 aromatic rings. The van der Waals surface area contributed by atoms with Crippen LogP contribution in [0.15, 0.2) is 0 Å². The van der Waals surface area contributed by atoms with Crippen LogP contribution >= 0.6 is 0 Å². The van der Waals surface area contributed by atoms with Crippen molar-refractivity contribution >= 4 is 5.91 Å². The first kappa shape index (κ1) is 9.08. The molecule has 1 fully saturated rings. The molecule has 1 amide bonds. The van der Waals surface area contributed by atoms with E-state index in [9.17, 15) is 4.79 Å². The maximum Gasteiger partial charge on any atom is 0.293 e. The fraction of sp³-hybridized carbons (Fsp3) is 0.667. The van der Waals surface area contributed by atoms with Gasteiger partial charge in [0.25, 0.3) is 5.91 Å². The molecule has 1 aliphatic rings. The molecule has 66 valence electrons. The lowest BCUT2D eigenvalue weighted by Gasteiger charge is -2.42. The van der Waals surface area contributed by atoms with Crippen molar-refractivity contribution in [3.05, 3.63) is 0 Å². The molecular formula is C9H14N2O. The molecule has 0 aliphatic heterocycles. The van der Waals surface area contributed by atoms with Crippen molar-refractivity contribution in [2.75, 3.05) is 14.1 Å². The molecule has 1 aliphatic carbocycles. The van der Waals surface area contributed by atoms with Crippen LogP contribution in [0.25, 0.3) is 0 Å². The molecule has 0 saturated heterocycles. The Bertz CT molecular complexity index is 243. The van der Waals surface area contributed by atoms with Gasteiger partial charge in [-0.15, -0.1) is 0 Å². The maximum absolute atomic E-state index is 10.4. The number of rotatable bonds is 1. The summed E-state index contributed by atoms with van der Waals surface area (Å²) >= 11 is 0. The minimum absolute atomic E-state index is 0.0744. The average molecular weight is 166 g/mol. The third kappa shape index (κ3) is 1.59. The average Bonchev–Trinajstić information content (AvgIpc) is 1.83. The molecule has 0 bridgehead atoms. The Balaban J connectivity index is 2.70. The SMILES string of the molecule is CN(C)C1(C#CC(N)=O)CCC1. The summed E-state index contributed by atoms with van der Waals surface area (Å²) < 4.78 is 0. The topological polar surface area (TPSA) is 46.3 Å². The van der Waals surface area contributed by atoms with E-state index in [1.807, 2.05) is 14.1 Å². The Hall–Kier alpha value is -1.01. The molecule has 3 nitrogen and oxygen atoms in total. The van der Waals surface area contributed by atoms with Crippen molar-refractivity contribution in [1.29, 1.82) is 0 Å². The summed E-state index contributed by atoms with van der Waals surface area (Å²) in [6.45, 7) is 0. The third-order valence-corrected chi connectivity index (χ3v) is 2.46. The van der Waals surface area contributed by atoms with Gasteiger partial charge in [-0.2, -0.15) is 0 Å². The van der Waals surface area contributed by atoms with Crippen molar-refractivity contribution in [3.8, 4) is 11.8 Å². The summed E-state index contributed by atoms with van der Waals surface area (Å²) in [6, 6.07) is 0.